The van der Waals surface area contributed by atoms with E-state index in [4.69, 9.17) is 4.74 Å². The van der Waals surface area contributed by atoms with Crippen LogP contribution in [0.1, 0.15) is 24.6 Å². The molecule has 1 aromatic heterocycles. The van der Waals surface area contributed by atoms with Gasteiger partial charge in [-0.2, -0.15) is 13.2 Å². The Labute approximate surface area is 95.4 Å². The molecule has 2 heterocycles. The van der Waals surface area contributed by atoms with E-state index >= 15 is 0 Å². The van der Waals surface area contributed by atoms with Crippen LogP contribution in [0, 0.1) is 0 Å². The normalized spacial score (nSPS) is 18.5. The van der Waals surface area contributed by atoms with Crippen LogP contribution in [0.2, 0.25) is 0 Å². The number of rotatable bonds is 2. The fourth-order valence-electron chi connectivity index (χ4n) is 1.98. The Morgan fingerprint density at radius 3 is 2.65 bits per heavy atom. The molecule has 1 saturated heterocycles. The molecular formula is C10H13F3N2O2. The van der Waals surface area contributed by atoms with E-state index in [1.807, 2.05) is 0 Å². The minimum absolute atomic E-state index is 0.0850. The summed E-state index contributed by atoms with van der Waals surface area (Å²) in [7, 11) is 0. The van der Waals surface area contributed by atoms with Crippen LogP contribution in [0.4, 0.5) is 13.2 Å². The van der Waals surface area contributed by atoms with E-state index in [9.17, 15) is 18.0 Å². The molecule has 2 rings (SSSR count). The Kier molecular flexibility index (Phi) is 3.28. The summed E-state index contributed by atoms with van der Waals surface area (Å²) in [5.41, 5.74) is -0.495. The molecule has 1 aliphatic heterocycles. The smallest absolute Gasteiger partial charge is 0.381 e. The van der Waals surface area contributed by atoms with E-state index in [2.05, 4.69) is 5.10 Å². The van der Waals surface area contributed by atoms with Crippen molar-refractivity contribution in [3.8, 4) is 0 Å². The minimum atomic E-state index is -4.30. The summed E-state index contributed by atoms with van der Waals surface area (Å²) in [4.78, 5) is 11.5. The monoisotopic (exact) mass is 250 g/mol. The van der Waals surface area contributed by atoms with E-state index in [1.54, 1.807) is 0 Å². The van der Waals surface area contributed by atoms with Crippen molar-refractivity contribution in [1.29, 1.82) is 0 Å². The third-order valence-corrected chi connectivity index (χ3v) is 2.75. The average Bonchev–Trinajstić information content (AvgIpc) is 2.58. The maximum atomic E-state index is 12.2. The summed E-state index contributed by atoms with van der Waals surface area (Å²) in [6.07, 6.45) is -4.11. The van der Waals surface area contributed by atoms with Crippen molar-refractivity contribution in [2.75, 3.05) is 13.2 Å². The van der Waals surface area contributed by atoms with Crippen molar-refractivity contribution >= 4 is 0 Å². The number of H-pyrrole nitrogens is 1. The van der Waals surface area contributed by atoms with Crippen LogP contribution < -0.4 is 5.56 Å². The van der Waals surface area contributed by atoms with Gasteiger partial charge in [-0.15, -0.1) is 0 Å². The first-order chi connectivity index (χ1) is 7.96. The number of hydrogen-bond acceptors (Lipinski definition) is 2. The first kappa shape index (κ1) is 12.2. The molecule has 7 heteroatoms. The molecule has 0 aromatic carbocycles. The number of aromatic nitrogens is 2. The molecule has 1 fully saturated rings. The average molecular weight is 250 g/mol. The van der Waals surface area contributed by atoms with Gasteiger partial charge in [0.1, 0.15) is 0 Å². The van der Waals surface area contributed by atoms with Gasteiger partial charge in [-0.25, -0.2) is 4.68 Å². The Morgan fingerprint density at radius 1 is 1.41 bits per heavy atom. The number of aromatic amines is 1. The quantitative estimate of drug-likeness (QED) is 0.867. The second kappa shape index (κ2) is 4.56. The van der Waals surface area contributed by atoms with Crippen LogP contribution in [-0.4, -0.2) is 29.2 Å². The van der Waals surface area contributed by atoms with Crippen molar-refractivity contribution < 1.29 is 17.9 Å². The molecule has 4 nitrogen and oxygen atoms in total. The van der Waals surface area contributed by atoms with Crippen LogP contribution in [0.3, 0.4) is 0 Å². The number of nitrogens with zero attached hydrogens (tertiary/aromatic N) is 1. The fourth-order valence-corrected chi connectivity index (χ4v) is 1.98. The van der Waals surface area contributed by atoms with Gasteiger partial charge in [0.15, 0.2) is 0 Å². The molecule has 0 bridgehead atoms. The Bertz CT molecular complexity index is 429. The summed E-state index contributed by atoms with van der Waals surface area (Å²) < 4.78 is 42.9. The lowest BCUT2D eigenvalue weighted by molar-refractivity contribution is -0.127. The van der Waals surface area contributed by atoms with Crippen LogP contribution in [-0.2, 0) is 11.2 Å². The molecule has 0 spiro atoms. The Balaban J connectivity index is 2.15. The summed E-state index contributed by atoms with van der Waals surface area (Å²) in [6.45, 7) is 1.06. The molecule has 0 amide bonds. The van der Waals surface area contributed by atoms with Gasteiger partial charge in [-0.3, -0.25) is 9.89 Å². The molecular weight excluding hydrogens is 237 g/mol. The summed E-state index contributed by atoms with van der Waals surface area (Å²) in [5, 5.41) is 2.54. The highest BCUT2D eigenvalue weighted by atomic mass is 19.4. The van der Waals surface area contributed by atoms with E-state index in [0.717, 1.165) is 6.07 Å². The van der Waals surface area contributed by atoms with E-state index in [0.29, 0.717) is 26.1 Å². The number of ether oxygens (including phenoxy) is 1. The number of nitrogens with one attached hydrogen (secondary N) is 1. The van der Waals surface area contributed by atoms with Gasteiger partial charge >= 0.3 is 6.18 Å². The molecule has 96 valence electrons. The highest BCUT2D eigenvalue weighted by molar-refractivity contribution is 5.02. The molecule has 1 aromatic rings. The standard InChI is InChI=1S/C10H13F3N2O2/c11-10(12,13)6-7-5-9(16)15(14-7)8-1-3-17-4-2-8/h5,8,14H,1-4,6H2. The predicted molar refractivity (Wildman–Crippen MR) is 53.9 cm³/mol. The zero-order valence-electron chi connectivity index (χ0n) is 9.09. The lowest BCUT2D eigenvalue weighted by atomic mass is 10.1. The van der Waals surface area contributed by atoms with Crippen LogP contribution >= 0.6 is 0 Å². The van der Waals surface area contributed by atoms with Crippen molar-refractivity contribution in [3.05, 3.63) is 22.1 Å². The second-order valence-corrected chi connectivity index (χ2v) is 4.13. The largest absolute Gasteiger partial charge is 0.394 e. The van der Waals surface area contributed by atoms with Crippen LogP contribution in [0.15, 0.2) is 10.9 Å². The van der Waals surface area contributed by atoms with Crippen LogP contribution in [0.5, 0.6) is 0 Å². The number of halogens is 3. The van der Waals surface area contributed by atoms with Crippen molar-refractivity contribution in [2.45, 2.75) is 31.5 Å². The molecule has 0 unspecified atom stereocenters. The molecule has 17 heavy (non-hydrogen) atoms. The van der Waals surface area contributed by atoms with Crippen molar-refractivity contribution in [3.63, 3.8) is 0 Å². The van der Waals surface area contributed by atoms with E-state index in [-0.39, 0.29) is 11.7 Å². The van der Waals surface area contributed by atoms with Gasteiger partial charge in [0, 0.05) is 25.0 Å². The van der Waals surface area contributed by atoms with Gasteiger partial charge in [-0.05, 0) is 12.8 Å². The van der Waals surface area contributed by atoms with E-state index < -0.39 is 18.2 Å². The van der Waals surface area contributed by atoms with Gasteiger partial charge in [-0.1, -0.05) is 0 Å². The van der Waals surface area contributed by atoms with Gasteiger partial charge < -0.3 is 4.74 Å². The minimum Gasteiger partial charge on any atom is -0.381 e. The summed E-state index contributed by atoms with van der Waals surface area (Å²) in [5.74, 6) is 0. The summed E-state index contributed by atoms with van der Waals surface area (Å²) >= 11 is 0. The molecule has 1 aliphatic rings. The maximum absolute atomic E-state index is 12.2. The Morgan fingerprint density at radius 2 is 2.06 bits per heavy atom. The van der Waals surface area contributed by atoms with Gasteiger partial charge in [0.05, 0.1) is 12.5 Å². The Hall–Kier alpha value is -1.24. The second-order valence-electron chi connectivity index (χ2n) is 4.13. The molecule has 0 aliphatic carbocycles. The lowest BCUT2D eigenvalue weighted by Crippen LogP contribution is -2.27. The predicted octanol–water partition coefficient (Wildman–Crippen LogP) is 1.63. The molecule has 1 N–H and O–H groups in total. The number of alkyl halides is 3. The van der Waals surface area contributed by atoms with Crippen LogP contribution in [0.25, 0.3) is 0 Å². The van der Waals surface area contributed by atoms with Crippen molar-refractivity contribution in [2.24, 2.45) is 0 Å². The highest BCUT2D eigenvalue weighted by Crippen LogP contribution is 2.21. The number of hydrogen-bond donors (Lipinski definition) is 1. The zero-order chi connectivity index (χ0) is 12.5. The topological polar surface area (TPSA) is 47.0 Å². The molecule has 0 saturated carbocycles. The van der Waals surface area contributed by atoms with Gasteiger partial charge in [0.25, 0.3) is 5.56 Å². The van der Waals surface area contributed by atoms with Crippen molar-refractivity contribution in [1.82, 2.24) is 9.78 Å². The highest BCUT2D eigenvalue weighted by Gasteiger charge is 2.29. The lowest BCUT2D eigenvalue weighted by Gasteiger charge is -2.22. The SMILES string of the molecule is O=c1cc(CC(F)(F)F)[nH]n1C1CCOCC1. The first-order valence-electron chi connectivity index (χ1n) is 5.40. The fraction of sp³-hybridized carbons (Fsp3) is 0.700. The third kappa shape index (κ3) is 3.12. The maximum Gasteiger partial charge on any atom is 0.394 e. The first-order valence-corrected chi connectivity index (χ1v) is 5.40. The molecule has 0 radical (unpaired) electrons. The third-order valence-electron chi connectivity index (χ3n) is 2.75. The van der Waals surface area contributed by atoms with Gasteiger partial charge in [0.2, 0.25) is 0 Å². The summed E-state index contributed by atoms with van der Waals surface area (Å²) in [6, 6.07) is 0.932. The van der Waals surface area contributed by atoms with E-state index in [1.165, 1.54) is 4.68 Å². The zero-order valence-corrected chi connectivity index (χ0v) is 9.09. The molecule has 0 atom stereocenters.